The molecule has 0 N–H and O–H groups in total. The molecular formula is C19H19F3N4S. The number of fused-ring (bicyclic) bond motifs is 3. The molecular weight excluding hydrogens is 373 g/mol. The fourth-order valence-corrected chi connectivity index (χ4v) is 4.03. The maximum Gasteiger partial charge on any atom is 0.433 e. The number of thiol groups is 1. The monoisotopic (exact) mass is 392 g/mol. The van der Waals surface area contributed by atoms with Crippen LogP contribution in [0.25, 0.3) is 10.9 Å². The van der Waals surface area contributed by atoms with E-state index in [9.17, 15) is 13.2 Å². The van der Waals surface area contributed by atoms with Crippen molar-refractivity contribution in [2.75, 3.05) is 11.4 Å². The highest BCUT2D eigenvalue weighted by molar-refractivity contribution is 7.80. The third-order valence-corrected chi connectivity index (χ3v) is 5.22. The Morgan fingerprint density at radius 2 is 1.93 bits per heavy atom. The average Bonchev–Trinajstić information content (AvgIpc) is 2.98. The van der Waals surface area contributed by atoms with Gasteiger partial charge in [-0.1, -0.05) is 19.9 Å². The zero-order valence-corrected chi connectivity index (χ0v) is 15.8. The first kappa shape index (κ1) is 18.2. The van der Waals surface area contributed by atoms with Crippen molar-refractivity contribution < 1.29 is 13.2 Å². The highest BCUT2D eigenvalue weighted by Gasteiger charge is 2.36. The lowest BCUT2D eigenvalue weighted by molar-refractivity contribution is -0.141. The Kier molecular flexibility index (Phi) is 4.33. The number of anilines is 1. The number of alkyl halides is 3. The molecule has 0 saturated carbocycles. The van der Waals surface area contributed by atoms with Crippen LogP contribution in [0.3, 0.4) is 0 Å². The zero-order chi connectivity index (χ0) is 19.3. The molecule has 8 heteroatoms. The van der Waals surface area contributed by atoms with E-state index in [0.29, 0.717) is 13.1 Å². The van der Waals surface area contributed by atoms with Crippen LogP contribution in [0.4, 0.5) is 19.1 Å². The first-order valence-electron chi connectivity index (χ1n) is 8.75. The molecule has 3 heterocycles. The second kappa shape index (κ2) is 6.44. The van der Waals surface area contributed by atoms with Crippen molar-refractivity contribution in [3.05, 3.63) is 47.9 Å². The van der Waals surface area contributed by atoms with E-state index in [1.165, 1.54) is 6.20 Å². The van der Waals surface area contributed by atoms with E-state index in [2.05, 4.69) is 47.1 Å². The number of hydrogen-bond donors (Lipinski definition) is 1. The van der Waals surface area contributed by atoms with Gasteiger partial charge in [0.15, 0.2) is 0 Å². The van der Waals surface area contributed by atoms with E-state index in [1.54, 1.807) is 0 Å². The van der Waals surface area contributed by atoms with Crippen molar-refractivity contribution >= 4 is 29.5 Å². The smallest absolute Gasteiger partial charge is 0.341 e. The van der Waals surface area contributed by atoms with Gasteiger partial charge in [-0.15, -0.1) is 12.6 Å². The third kappa shape index (κ3) is 3.16. The summed E-state index contributed by atoms with van der Waals surface area (Å²) in [6.45, 7) is 5.31. The first-order valence-corrected chi connectivity index (χ1v) is 9.19. The van der Waals surface area contributed by atoms with Crippen LogP contribution in [0.2, 0.25) is 0 Å². The van der Waals surface area contributed by atoms with Gasteiger partial charge < -0.3 is 9.47 Å². The average molecular weight is 392 g/mol. The van der Waals surface area contributed by atoms with Crippen LogP contribution < -0.4 is 4.90 Å². The van der Waals surface area contributed by atoms with Crippen molar-refractivity contribution in [3.8, 4) is 0 Å². The van der Waals surface area contributed by atoms with E-state index in [4.69, 9.17) is 0 Å². The normalized spacial score (nSPS) is 17.6. The lowest BCUT2D eigenvalue weighted by Crippen LogP contribution is -2.41. The highest BCUT2D eigenvalue weighted by atomic mass is 32.1. The molecule has 0 fully saturated rings. The predicted molar refractivity (Wildman–Crippen MR) is 101 cm³/mol. The summed E-state index contributed by atoms with van der Waals surface area (Å²) in [7, 11) is 0. The van der Waals surface area contributed by atoms with Gasteiger partial charge in [0.2, 0.25) is 5.95 Å². The van der Waals surface area contributed by atoms with Crippen molar-refractivity contribution in [2.24, 2.45) is 5.92 Å². The number of hydrogen-bond acceptors (Lipinski definition) is 4. The van der Waals surface area contributed by atoms with Gasteiger partial charge in [0, 0.05) is 40.8 Å². The standard InChI is InChI=1S/C19H19F3N4S/c1-11(2)17-15-9-12-3-4-13(27)10-14(12)25(15)7-8-26(17)18-23-6-5-16(24-18)19(20,21)22/h3-6,9-11,17,27H,7-8H2,1-2H3/t17-/m0/s1. The van der Waals surface area contributed by atoms with Gasteiger partial charge in [0.1, 0.15) is 5.69 Å². The van der Waals surface area contributed by atoms with Gasteiger partial charge in [-0.05, 0) is 30.2 Å². The molecule has 4 nitrogen and oxygen atoms in total. The van der Waals surface area contributed by atoms with Gasteiger partial charge in [0.25, 0.3) is 0 Å². The summed E-state index contributed by atoms with van der Waals surface area (Å²) in [4.78, 5) is 10.7. The molecule has 2 aromatic heterocycles. The minimum Gasteiger partial charge on any atom is -0.341 e. The quantitative estimate of drug-likeness (QED) is 0.626. The summed E-state index contributed by atoms with van der Waals surface area (Å²) in [6, 6.07) is 8.88. The number of benzene rings is 1. The molecule has 4 rings (SSSR count). The molecule has 0 saturated heterocycles. The van der Waals surface area contributed by atoms with Gasteiger partial charge in [-0.2, -0.15) is 13.2 Å². The van der Waals surface area contributed by atoms with Gasteiger partial charge >= 0.3 is 6.18 Å². The summed E-state index contributed by atoms with van der Waals surface area (Å²) in [5.74, 6) is 0.289. The van der Waals surface area contributed by atoms with E-state index in [1.807, 2.05) is 23.1 Å². The van der Waals surface area contributed by atoms with Gasteiger partial charge in [0.05, 0.1) is 6.04 Å². The number of aromatic nitrogens is 3. The predicted octanol–water partition coefficient (Wildman–Crippen LogP) is 4.96. The Bertz CT molecular complexity index is 996. The van der Waals surface area contributed by atoms with Crippen molar-refractivity contribution in [1.82, 2.24) is 14.5 Å². The molecule has 1 aliphatic rings. The van der Waals surface area contributed by atoms with E-state index < -0.39 is 11.9 Å². The zero-order valence-electron chi connectivity index (χ0n) is 14.9. The van der Waals surface area contributed by atoms with Crippen LogP contribution in [0.1, 0.15) is 31.3 Å². The van der Waals surface area contributed by atoms with Gasteiger partial charge in [-0.25, -0.2) is 9.97 Å². The van der Waals surface area contributed by atoms with Crippen LogP contribution in [-0.4, -0.2) is 21.1 Å². The molecule has 0 unspecified atom stereocenters. The third-order valence-electron chi connectivity index (χ3n) is 4.94. The van der Waals surface area contributed by atoms with Crippen LogP contribution in [0.15, 0.2) is 41.4 Å². The molecule has 1 atom stereocenters. The summed E-state index contributed by atoms with van der Waals surface area (Å²) < 4.78 is 41.5. The second-order valence-electron chi connectivity index (χ2n) is 7.09. The fourth-order valence-electron chi connectivity index (χ4n) is 3.84. The molecule has 0 aliphatic carbocycles. The molecule has 0 amide bonds. The second-order valence-corrected chi connectivity index (χ2v) is 7.60. The topological polar surface area (TPSA) is 34.0 Å². The van der Waals surface area contributed by atoms with Crippen molar-refractivity contribution in [2.45, 2.75) is 37.5 Å². The Morgan fingerprint density at radius 1 is 1.15 bits per heavy atom. The molecule has 27 heavy (non-hydrogen) atoms. The van der Waals surface area contributed by atoms with E-state index in [0.717, 1.165) is 27.6 Å². The molecule has 0 radical (unpaired) electrons. The van der Waals surface area contributed by atoms with Crippen LogP contribution >= 0.6 is 12.6 Å². The summed E-state index contributed by atoms with van der Waals surface area (Å²) in [6.07, 6.45) is -3.31. The minimum absolute atomic E-state index is 0.113. The summed E-state index contributed by atoms with van der Waals surface area (Å²) in [5.41, 5.74) is 1.24. The molecule has 142 valence electrons. The molecule has 3 aromatic rings. The minimum atomic E-state index is -4.49. The number of rotatable bonds is 2. The van der Waals surface area contributed by atoms with Crippen LogP contribution in [0.5, 0.6) is 0 Å². The lowest BCUT2D eigenvalue weighted by Gasteiger charge is -2.39. The van der Waals surface area contributed by atoms with Gasteiger partial charge in [-0.3, -0.25) is 0 Å². The SMILES string of the molecule is CC(C)[C@H]1c2cc3ccc(S)cc3n2CCN1c1nccc(C(F)(F)F)n1. The van der Waals surface area contributed by atoms with Crippen molar-refractivity contribution in [3.63, 3.8) is 0 Å². The van der Waals surface area contributed by atoms with Crippen LogP contribution in [-0.2, 0) is 12.7 Å². The first-order chi connectivity index (χ1) is 12.8. The van der Waals surface area contributed by atoms with E-state index >= 15 is 0 Å². The molecule has 0 bridgehead atoms. The summed E-state index contributed by atoms with van der Waals surface area (Å²) >= 11 is 4.43. The largest absolute Gasteiger partial charge is 0.433 e. The molecule has 1 aliphatic heterocycles. The molecule has 1 aromatic carbocycles. The van der Waals surface area contributed by atoms with Crippen LogP contribution in [0, 0.1) is 5.92 Å². The van der Waals surface area contributed by atoms with E-state index in [-0.39, 0.29) is 17.9 Å². The maximum atomic E-state index is 13.1. The number of halogens is 3. The number of nitrogens with zero attached hydrogens (tertiary/aromatic N) is 4. The Balaban J connectivity index is 1.82. The summed E-state index contributed by atoms with van der Waals surface area (Å²) in [5, 5.41) is 1.10. The Hall–Kier alpha value is -2.22. The lowest BCUT2D eigenvalue weighted by atomic mass is 9.97. The Labute approximate surface area is 160 Å². The molecule has 0 spiro atoms. The highest BCUT2D eigenvalue weighted by Crippen LogP contribution is 2.39. The van der Waals surface area contributed by atoms with Crippen molar-refractivity contribution in [1.29, 1.82) is 0 Å². The maximum absolute atomic E-state index is 13.1. The fraction of sp³-hybridized carbons (Fsp3) is 0.368. The Morgan fingerprint density at radius 3 is 2.63 bits per heavy atom.